The number of rotatable bonds is 8. The molecular weight excluding hydrogens is 322 g/mol. The second kappa shape index (κ2) is 8.55. The predicted molar refractivity (Wildman–Crippen MR) is 94.5 cm³/mol. The summed E-state index contributed by atoms with van der Waals surface area (Å²) in [5.74, 6) is -1.37. The normalized spacial score (nSPS) is 11.1. The number of hydrogen-bond acceptors (Lipinski definition) is 5. The first-order valence-corrected chi connectivity index (χ1v) is 8.56. The van der Waals surface area contributed by atoms with E-state index < -0.39 is 17.9 Å². The Kier molecular flexibility index (Phi) is 6.44. The van der Waals surface area contributed by atoms with Gasteiger partial charge in [-0.15, -0.1) is 0 Å². The van der Waals surface area contributed by atoms with Gasteiger partial charge in [-0.3, -0.25) is 9.59 Å². The van der Waals surface area contributed by atoms with Crippen LogP contribution in [-0.4, -0.2) is 36.2 Å². The number of hydrogen-bond donors (Lipinski definition) is 1. The Morgan fingerprint density at radius 2 is 1.72 bits per heavy atom. The van der Waals surface area contributed by atoms with Gasteiger partial charge < -0.3 is 19.2 Å². The van der Waals surface area contributed by atoms with E-state index >= 15 is 0 Å². The maximum Gasteiger partial charge on any atom is 0.320 e. The molecule has 1 aromatic heterocycles. The molecule has 1 N–H and O–H groups in total. The minimum absolute atomic E-state index is 0.0617. The molecule has 0 saturated carbocycles. The maximum absolute atomic E-state index is 12.2. The number of fused-ring (bicyclic) bond motifs is 1. The van der Waals surface area contributed by atoms with Crippen molar-refractivity contribution in [2.75, 3.05) is 13.2 Å². The second-order valence-corrected chi connectivity index (χ2v) is 5.95. The molecule has 25 heavy (non-hydrogen) atoms. The van der Waals surface area contributed by atoms with Gasteiger partial charge in [0.2, 0.25) is 0 Å². The van der Waals surface area contributed by atoms with Gasteiger partial charge in [0.05, 0.1) is 19.3 Å². The summed E-state index contributed by atoms with van der Waals surface area (Å²) in [5.41, 5.74) is 1.76. The summed E-state index contributed by atoms with van der Waals surface area (Å²) in [5, 5.41) is 0.914. The van der Waals surface area contributed by atoms with E-state index in [9.17, 15) is 9.59 Å². The number of nitrogens with one attached hydrogen (secondary N) is 1. The van der Waals surface area contributed by atoms with Crippen LogP contribution in [0.15, 0.2) is 24.4 Å². The highest BCUT2D eigenvalue weighted by molar-refractivity contribution is 5.96. The molecule has 1 aromatic carbocycles. The maximum atomic E-state index is 12.2. The van der Waals surface area contributed by atoms with Crippen molar-refractivity contribution in [1.29, 1.82) is 0 Å². The lowest BCUT2D eigenvalue weighted by Crippen LogP contribution is -2.30. The van der Waals surface area contributed by atoms with Gasteiger partial charge >= 0.3 is 11.9 Å². The number of carbonyl (C=O) groups is 2. The van der Waals surface area contributed by atoms with E-state index in [1.807, 2.05) is 32.0 Å². The molecule has 0 bridgehead atoms. The van der Waals surface area contributed by atoms with Crippen LogP contribution in [0.25, 0.3) is 10.9 Å². The first kappa shape index (κ1) is 18.8. The third kappa shape index (κ3) is 4.75. The van der Waals surface area contributed by atoms with Crippen LogP contribution in [0.3, 0.4) is 0 Å². The number of aromatic nitrogens is 1. The van der Waals surface area contributed by atoms with Crippen molar-refractivity contribution in [2.45, 2.75) is 40.2 Å². The summed E-state index contributed by atoms with van der Waals surface area (Å²) in [6.45, 7) is 7.77. The minimum Gasteiger partial charge on any atom is -0.491 e. The van der Waals surface area contributed by atoms with Gasteiger partial charge in [-0.05, 0) is 57.9 Å². The van der Waals surface area contributed by atoms with Crippen LogP contribution < -0.4 is 4.74 Å². The smallest absolute Gasteiger partial charge is 0.320 e. The molecule has 2 rings (SSSR count). The van der Waals surface area contributed by atoms with Crippen LogP contribution in [0.4, 0.5) is 0 Å². The Bertz CT molecular complexity index is 716. The van der Waals surface area contributed by atoms with Gasteiger partial charge in [-0.25, -0.2) is 0 Å². The lowest BCUT2D eigenvalue weighted by atomic mass is 9.99. The largest absolute Gasteiger partial charge is 0.491 e. The van der Waals surface area contributed by atoms with Gasteiger partial charge in [-0.1, -0.05) is 0 Å². The molecule has 0 aliphatic rings. The molecule has 0 fully saturated rings. The van der Waals surface area contributed by atoms with Crippen LogP contribution >= 0.6 is 0 Å². The van der Waals surface area contributed by atoms with Crippen LogP contribution in [0.2, 0.25) is 0 Å². The fraction of sp³-hybridized carbons (Fsp3) is 0.474. The highest BCUT2D eigenvalue weighted by Crippen LogP contribution is 2.27. The molecule has 0 aliphatic carbocycles. The Morgan fingerprint density at radius 1 is 1.08 bits per heavy atom. The molecule has 0 saturated heterocycles. The highest BCUT2D eigenvalue weighted by atomic mass is 16.6. The van der Waals surface area contributed by atoms with Gasteiger partial charge in [0, 0.05) is 17.1 Å². The lowest BCUT2D eigenvalue weighted by Gasteiger charge is -2.14. The van der Waals surface area contributed by atoms with E-state index in [0.717, 1.165) is 22.2 Å². The molecule has 6 heteroatoms. The van der Waals surface area contributed by atoms with Crippen molar-refractivity contribution >= 4 is 22.8 Å². The SMILES string of the molecule is CCOC(=O)C(Cc1c[nH]c2ccc(OC(C)C)cc12)C(=O)OCC. The Balaban J connectivity index is 2.31. The molecular formula is C19H25NO5. The number of carbonyl (C=O) groups excluding carboxylic acids is 2. The average molecular weight is 347 g/mol. The topological polar surface area (TPSA) is 77.6 Å². The van der Waals surface area contributed by atoms with Crippen molar-refractivity contribution in [3.05, 3.63) is 30.0 Å². The van der Waals surface area contributed by atoms with Crippen LogP contribution in [0.5, 0.6) is 5.75 Å². The predicted octanol–water partition coefficient (Wildman–Crippen LogP) is 3.24. The van der Waals surface area contributed by atoms with Crippen LogP contribution in [-0.2, 0) is 25.5 Å². The van der Waals surface area contributed by atoms with Crippen molar-refractivity contribution < 1.29 is 23.8 Å². The van der Waals surface area contributed by atoms with Crippen LogP contribution in [0, 0.1) is 5.92 Å². The second-order valence-electron chi connectivity index (χ2n) is 5.95. The lowest BCUT2D eigenvalue weighted by molar-refractivity contribution is -0.161. The zero-order valence-electron chi connectivity index (χ0n) is 15.1. The molecule has 0 radical (unpaired) electrons. The summed E-state index contributed by atoms with van der Waals surface area (Å²) in [6.07, 6.45) is 2.07. The summed E-state index contributed by atoms with van der Waals surface area (Å²) in [4.78, 5) is 27.5. The fourth-order valence-corrected chi connectivity index (χ4v) is 2.64. The Labute approximate surface area is 147 Å². The van der Waals surface area contributed by atoms with Gasteiger partial charge in [0.25, 0.3) is 0 Å². The van der Waals surface area contributed by atoms with Gasteiger partial charge in [0.1, 0.15) is 5.75 Å². The molecule has 0 aliphatic heterocycles. The first-order chi connectivity index (χ1) is 12.0. The minimum atomic E-state index is -0.978. The number of benzene rings is 1. The summed E-state index contributed by atoms with van der Waals surface area (Å²) < 4.78 is 15.8. The van der Waals surface area contributed by atoms with E-state index in [-0.39, 0.29) is 25.7 Å². The van der Waals surface area contributed by atoms with E-state index in [4.69, 9.17) is 14.2 Å². The monoisotopic (exact) mass is 347 g/mol. The number of esters is 2. The number of aromatic amines is 1. The zero-order valence-corrected chi connectivity index (χ0v) is 15.1. The molecule has 2 aromatic rings. The Morgan fingerprint density at radius 3 is 2.28 bits per heavy atom. The van der Waals surface area contributed by atoms with Gasteiger partial charge in [0.15, 0.2) is 5.92 Å². The molecule has 0 atom stereocenters. The number of ether oxygens (including phenoxy) is 3. The molecule has 6 nitrogen and oxygen atoms in total. The molecule has 0 spiro atoms. The third-order valence-corrected chi connectivity index (χ3v) is 3.68. The molecule has 0 amide bonds. The molecule has 136 valence electrons. The van der Waals surface area contributed by atoms with Crippen molar-refractivity contribution in [2.24, 2.45) is 5.92 Å². The van der Waals surface area contributed by atoms with Crippen molar-refractivity contribution in [3.63, 3.8) is 0 Å². The average Bonchev–Trinajstić information content (AvgIpc) is 2.94. The summed E-state index contributed by atoms with van der Waals surface area (Å²) >= 11 is 0. The third-order valence-electron chi connectivity index (χ3n) is 3.68. The van der Waals surface area contributed by atoms with E-state index in [1.165, 1.54) is 0 Å². The first-order valence-electron chi connectivity index (χ1n) is 8.56. The highest BCUT2D eigenvalue weighted by Gasteiger charge is 2.30. The zero-order chi connectivity index (χ0) is 18.4. The Hall–Kier alpha value is -2.50. The van der Waals surface area contributed by atoms with Gasteiger partial charge in [-0.2, -0.15) is 0 Å². The van der Waals surface area contributed by atoms with E-state index in [1.54, 1.807) is 20.0 Å². The summed E-state index contributed by atoms with van der Waals surface area (Å²) in [7, 11) is 0. The van der Waals surface area contributed by atoms with Crippen LogP contribution in [0.1, 0.15) is 33.3 Å². The van der Waals surface area contributed by atoms with Crippen molar-refractivity contribution in [3.8, 4) is 5.75 Å². The quantitative estimate of drug-likeness (QED) is 0.586. The number of H-pyrrole nitrogens is 1. The summed E-state index contributed by atoms with van der Waals surface area (Å²) in [6, 6.07) is 5.71. The van der Waals surface area contributed by atoms with Crippen molar-refractivity contribution in [1.82, 2.24) is 4.98 Å². The standard InChI is InChI=1S/C19H25NO5/c1-5-23-18(21)16(19(22)24-6-2)9-13-11-20-17-8-7-14(10-15(13)17)25-12(3)4/h7-8,10-12,16,20H,5-6,9H2,1-4H3. The van der Waals surface area contributed by atoms with E-state index in [2.05, 4.69) is 4.98 Å². The van der Waals surface area contributed by atoms with E-state index in [0.29, 0.717) is 0 Å². The molecule has 1 heterocycles. The molecule has 0 unspecified atom stereocenters. The fourth-order valence-electron chi connectivity index (χ4n) is 2.64.